The summed E-state index contributed by atoms with van der Waals surface area (Å²) in [5, 5.41) is 13.3. The van der Waals surface area contributed by atoms with Gasteiger partial charge in [-0.3, -0.25) is 0 Å². The lowest BCUT2D eigenvalue weighted by Crippen LogP contribution is -2.05. The molecule has 0 saturated carbocycles. The van der Waals surface area contributed by atoms with E-state index in [-0.39, 0.29) is 0 Å². The van der Waals surface area contributed by atoms with Gasteiger partial charge in [-0.1, -0.05) is 0 Å². The first-order valence-electron chi connectivity index (χ1n) is 3.62. The van der Waals surface area contributed by atoms with Crippen molar-refractivity contribution in [1.29, 1.82) is 0 Å². The van der Waals surface area contributed by atoms with E-state index >= 15 is 0 Å². The van der Waals surface area contributed by atoms with Crippen molar-refractivity contribution in [3.8, 4) is 0 Å². The van der Waals surface area contributed by atoms with Gasteiger partial charge in [-0.2, -0.15) is 11.3 Å². The summed E-state index contributed by atoms with van der Waals surface area (Å²) in [5.41, 5.74) is 0.948. The minimum absolute atomic E-state index is 0.396. The van der Waals surface area contributed by atoms with E-state index < -0.39 is 6.10 Å². The molecule has 0 bridgehead atoms. The van der Waals surface area contributed by atoms with Crippen LogP contribution in [0.15, 0.2) is 16.8 Å². The number of thiophene rings is 1. The number of rotatable bonds is 4. The first-order chi connectivity index (χ1) is 5.34. The number of aliphatic hydroxyl groups excluding tert-OH is 1. The first kappa shape index (κ1) is 8.71. The van der Waals surface area contributed by atoms with Crippen molar-refractivity contribution in [1.82, 2.24) is 0 Å². The highest BCUT2D eigenvalue weighted by Crippen LogP contribution is 2.15. The van der Waals surface area contributed by atoms with Crippen LogP contribution in [0.2, 0.25) is 0 Å². The molecular weight excluding hydrogens is 160 g/mol. The Balaban J connectivity index is 2.36. The van der Waals surface area contributed by atoms with Crippen LogP contribution in [0.4, 0.5) is 0 Å². The van der Waals surface area contributed by atoms with Gasteiger partial charge in [0.05, 0.1) is 6.61 Å². The zero-order chi connectivity index (χ0) is 8.10. The summed E-state index contributed by atoms with van der Waals surface area (Å²) in [6.07, 6.45) is -0.457. The molecule has 0 aromatic carbocycles. The van der Waals surface area contributed by atoms with Gasteiger partial charge < -0.3 is 9.84 Å². The molecule has 1 rings (SSSR count). The van der Waals surface area contributed by atoms with Gasteiger partial charge in [-0.05, 0) is 29.3 Å². The fourth-order valence-corrected chi connectivity index (χ4v) is 1.50. The van der Waals surface area contributed by atoms with Crippen molar-refractivity contribution in [2.75, 3.05) is 13.2 Å². The third-order valence-electron chi connectivity index (χ3n) is 1.41. The van der Waals surface area contributed by atoms with Gasteiger partial charge in [0.25, 0.3) is 0 Å². The Morgan fingerprint density at radius 3 is 3.09 bits per heavy atom. The number of ether oxygens (including phenoxy) is 1. The summed E-state index contributed by atoms with van der Waals surface area (Å²) < 4.78 is 5.07. The third kappa shape index (κ3) is 2.61. The molecule has 0 amide bonds. The molecular formula is C8H12O2S. The Bertz CT molecular complexity index is 184. The molecule has 3 heteroatoms. The molecule has 0 fully saturated rings. The summed E-state index contributed by atoms with van der Waals surface area (Å²) in [4.78, 5) is 0. The van der Waals surface area contributed by atoms with E-state index in [0.29, 0.717) is 13.2 Å². The van der Waals surface area contributed by atoms with Crippen LogP contribution in [0.3, 0.4) is 0 Å². The van der Waals surface area contributed by atoms with Crippen molar-refractivity contribution >= 4 is 11.3 Å². The minimum Gasteiger partial charge on any atom is -0.386 e. The molecule has 0 aliphatic rings. The van der Waals surface area contributed by atoms with Gasteiger partial charge in [0, 0.05) is 6.61 Å². The van der Waals surface area contributed by atoms with Crippen molar-refractivity contribution in [3.63, 3.8) is 0 Å². The van der Waals surface area contributed by atoms with Crippen LogP contribution >= 0.6 is 11.3 Å². The topological polar surface area (TPSA) is 29.5 Å². The summed E-state index contributed by atoms with van der Waals surface area (Å²) >= 11 is 1.59. The van der Waals surface area contributed by atoms with E-state index in [1.54, 1.807) is 11.3 Å². The summed E-state index contributed by atoms with van der Waals surface area (Å²) in [7, 11) is 0. The van der Waals surface area contributed by atoms with E-state index in [0.717, 1.165) is 5.56 Å². The van der Waals surface area contributed by atoms with E-state index in [2.05, 4.69) is 0 Å². The minimum atomic E-state index is -0.457. The molecule has 1 atom stereocenters. The largest absolute Gasteiger partial charge is 0.386 e. The molecule has 2 nitrogen and oxygen atoms in total. The number of aliphatic hydroxyl groups is 1. The number of hydrogen-bond acceptors (Lipinski definition) is 3. The molecule has 1 unspecified atom stereocenters. The van der Waals surface area contributed by atoms with Crippen molar-refractivity contribution in [3.05, 3.63) is 22.4 Å². The van der Waals surface area contributed by atoms with Crippen LogP contribution in [-0.4, -0.2) is 18.3 Å². The monoisotopic (exact) mass is 172 g/mol. The molecule has 0 saturated heterocycles. The maximum absolute atomic E-state index is 9.42. The smallest absolute Gasteiger partial charge is 0.103 e. The predicted molar refractivity (Wildman–Crippen MR) is 45.8 cm³/mol. The van der Waals surface area contributed by atoms with Gasteiger partial charge in [-0.15, -0.1) is 0 Å². The van der Waals surface area contributed by atoms with Gasteiger partial charge in [-0.25, -0.2) is 0 Å². The van der Waals surface area contributed by atoms with E-state index in [1.165, 1.54) is 0 Å². The molecule has 0 aliphatic heterocycles. The van der Waals surface area contributed by atoms with E-state index in [4.69, 9.17) is 4.74 Å². The Morgan fingerprint density at radius 2 is 2.55 bits per heavy atom. The molecule has 1 aromatic rings. The summed E-state index contributed by atoms with van der Waals surface area (Å²) in [5.74, 6) is 0. The SMILES string of the molecule is CCOCC(O)c1ccsc1. The number of hydrogen-bond donors (Lipinski definition) is 1. The molecule has 0 aliphatic carbocycles. The average molecular weight is 172 g/mol. The van der Waals surface area contributed by atoms with Crippen molar-refractivity contribution < 1.29 is 9.84 Å². The summed E-state index contributed by atoms with van der Waals surface area (Å²) in [6, 6.07) is 1.91. The van der Waals surface area contributed by atoms with Crippen molar-refractivity contribution in [2.45, 2.75) is 13.0 Å². The highest BCUT2D eigenvalue weighted by molar-refractivity contribution is 7.07. The molecule has 0 radical (unpaired) electrons. The van der Waals surface area contributed by atoms with Gasteiger partial charge in [0.1, 0.15) is 6.10 Å². The zero-order valence-electron chi connectivity index (χ0n) is 6.49. The standard InChI is InChI=1S/C8H12O2S/c1-2-10-5-8(9)7-3-4-11-6-7/h3-4,6,8-9H,2,5H2,1H3. The van der Waals surface area contributed by atoms with Crippen LogP contribution in [0.1, 0.15) is 18.6 Å². The Labute approximate surface area is 70.4 Å². The zero-order valence-corrected chi connectivity index (χ0v) is 7.30. The van der Waals surface area contributed by atoms with Gasteiger partial charge >= 0.3 is 0 Å². The lowest BCUT2D eigenvalue weighted by atomic mass is 10.2. The Kier molecular flexibility index (Phi) is 3.56. The van der Waals surface area contributed by atoms with Crippen LogP contribution in [0.5, 0.6) is 0 Å². The van der Waals surface area contributed by atoms with Gasteiger partial charge in [0.2, 0.25) is 0 Å². The molecule has 1 aromatic heterocycles. The normalized spacial score (nSPS) is 13.3. The maximum Gasteiger partial charge on any atom is 0.103 e. The van der Waals surface area contributed by atoms with Crippen LogP contribution in [0.25, 0.3) is 0 Å². The Hall–Kier alpha value is -0.380. The highest BCUT2D eigenvalue weighted by Gasteiger charge is 2.06. The fraction of sp³-hybridized carbons (Fsp3) is 0.500. The average Bonchev–Trinajstić information content (AvgIpc) is 2.52. The molecule has 1 heterocycles. The van der Waals surface area contributed by atoms with Crippen LogP contribution in [0, 0.1) is 0 Å². The fourth-order valence-electron chi connectivity index (χ4n) is 0.790. The Morgan fingerprint density at radius 1 is 1.73 bits per heavy atom. The highest BCUT2D eigenvalue weighted by atomic mass is 32.1. The molecule has 1 N–H and O–H groups in total. The lowest BCUT2D eigenvalue weighted by Gasteiger charge is -2.07. The lowest BCUT2D eigenvalue weighted by molar-refractivity contribution is 0.0422. The predicted octanol–water partition coefficient (Wildman–Crippen LogP) is 1.82. The molecule has 11 heavy (non-hydrogen) atoms. The second kappa shape index (κ2) is 4.49. The summed E-state index contributed by atoms with van der Waals surface area (Å²) in [6.45, 7) is 2.97. The van der Waals surface area contributed by atoms with Crippen LogP contribution in [-0.2, 0) is 4.74 Å². The second-order valence-corrected chi connectivity index (χ2v) is 3.01. The molecule has 0 spiro atoms. The van der Waals surface area contributed by atoms with Gasteiger partial charge in [0.15, 0.2) is 0 Å². The van der Waals surface area contributed by atoms with E-state index in [9.17, 15) is 5.11 Å². The second-order valence-electron chi connectivity index (χ2n) is 2.23. The maximum atomic E-state index is 9.42. The molecule has 62 valence electrons. The quantitative estimate of drug-likeness (QED) is 0.750. The van der Waals surface area contributed by atoms with Crippen LogP contribution < -0.4 is 0 Å². The van der Waals surface area contributed by atoms with Crippen molar-refractivity contribution in [2.24, 2.45) is 0 Å². The third-order valence-corrected chi connectivity index (χ3v) is 2.11. The first-order valence-corrected chi connectivity index (χ1v) is 4.56. The van der Waals surface area contributed by atoms with E-state index in [1.807, 2.05) is 23.8 Å².